The standard InChI is InChI=1S/C32H42O11/c1-14(2)26(38)42-27-29(5)19-10-20(35)30(6)23(31(19,13-40-27)24(37)22(36)25(29)41-15(3)33)18(34)11-28(4)17(16-7-8-39-12-16)9-21-32(28,30)43-21/h7-8,12,14,17,19-25,27,35-37H,9-11,13H2,1-6H3/t17-,19-,20+,21+,22+,23?,24-,25+,27+,28-,29+,30+,31-,32+/m0/s1. The summed E-state index contributed by atoms with van der Waals surface area (Å²) in [6.07, 6.45) is -2.80. The van der Waals surface area contributed by atoms with E-state index in [0.29, 0.717) is 6.42 Å². The van der Waals surface area contributed by atoms with Crippen LogP contribution in [0.2, 0.25) is 0 Å². The topological polar surface area (TPSA) is 165 Å². The van der Waals surface area contributed by atoms with Gasteiger partial charge in [-0.25, -0.2) is 0 Å². The second-order valence-corrected chi connectivity index (χ2v) is 14.9. The molecule has 1 unspecified atom stereocenters. The summed E-state index contributed by atoms with van der Waals surface area (Å²) in [4.78, 5) is 39.8. The molecule has 2 aliphatic heterocycles. The quantitative estimate of drug-likeness (QED) is 0.341. The monoisotopic (exact) mass is 602 g/mol. The molecular formula is C32H42O11. The van der Waals surface area contributed by atoms with Crippen LogP contribution >= 0.6 is 0 Å². The average Bonchev–Trinajstić information content (AvgIpc) is 3.30. The molecule has 0 radical (unpaired) electrons. The van der Waals surface area contributed by atoms with Gasteiger partial charge in [-0.3, -0.25) is 14.4 Å². The Hall–Kier alpha value is -2.31. The number of aliphatic hydroxyl groups excluding tert-OH is 3. The molecular weight excluding hydrogens is 560 g/mol. The third-order valence-corrected chi connectivity index (χ3v) is 12.9. The molecule has 1 aromatic heterocycles. The third kappa shape index (κ3) is 3.20. The van der Waals surface area contributed by atoms with Crippen molar-refractivity contribution in [1.29, 1.82) is 0 Å². The highest BCUT2D eigenvalue weighted by atomic mass is 16.7. The molecule has 6 aliphatic rings. The summed E-state index contributed by atoms with van der Waals surface area (Å²) < 4.78 is 29.8. The molecule has 2 bridgehead atoms. The number of ether oxygens (including phenoxy) is 4. The van der Waals surface area contributed by atoms with Crippen LogP contribution in [0.4, 0.5) is 0 Å². The van der Waals surface area contributed by atoms with E-state index >= 15 is 0 Å². The minimum atomic E-state index is -1.61. The predicted octanol–water partition coefficient (Wildman–Crippen LogP) is 2.10. The van der Waals surface area contributed by atoms with Crippen molar-refractivity contribution in [2.24, 2.45) is 39.4 Å². The van der Waals surface area contributed by atoms with E-state index in [9.17, 15) is 29.7 Å². The Morgan fingerprint density at radius 2 is 1.81 bits per heavy atom. The van der Waals surface area contributed by atoms with Crippen molar-refractivity contribution in [3.05, 3.63) is 24.2 Å². The Bertz CT molecular complexity index is 1360. The van der Waals surface area contributed by atoms with Gasteiger partial charge in [0.25, 0.3) is 0 Å². The van der Waals surface area contributed by atoms with Gasteiger partial charge in [0, 0.05) is 35.5 Å². The lowest BCUT2D eigenvalue weighted by atomic mass is 9.33. The fourth-order valence-electron chi connectivity index (χ4n) is 11.2. The fraction of sp³-hybridized carbons (Fsp3) is 0.781. The van der Waals surface area contributed by atoms with Gasteiger partial charge in [0.05, 0.1) is 48.8 Å². The molecule has 2 saturated heterocycles. The number of furan rings is 1. The minimum Gasteiger partial charge on any atom is -0.472 e. The highest BCUT2D eigenvalue weighted by Gasteiger charge is 2.90. The van der Waals surface area contributed by atoms with Crippen molar-refractivity contribution < 1.29 is 53.1 Å². The molecule has 3 heterocycles. The van der Waals surface area contributed by atoms with Gasteiger partial charge < -0.3 is 38.7 Å². The molecule has 3 N–H and O–H groups in total. The Morgan fingerprint density at radius 3 is 2.44 bits per heavy atom. The number of carbonyl (C=O) groups is 3. The van der Waals surface area contributed by atoms with E-state index in [4.69, 9.17) is 23.4 Å². The molecule has 14 atom stereocenters. The SMILES string of the molecule is CC(=O)O[C@@H]1[C@H](O)[C@H](O)[C@@]23CO[C@H](OC(=O)C(C)C)[C@]1(C)[C@@H]2C[C@@H](O)[C@]1(C)C3C(=O)C[C@@]2(C)[C@H](c3ccoc3)C[C@H]3O[C@]321. The van der Waals surface area contributed by atoms with Gasteiger partial charge in [0.15, 0.2) is 0 Å². The number of esters is 2. The summed E-state index contributed by atoms with van der Waals surface area (Å²) in [7, 11) is 0. The van der Waals surface area contributed by atoms with Crippen LogP contribution in [-0.2, 0) is 33.3 Å². The lowest BCUT2D eigenvalue weighted by molar-refractivity contribution is -0.389. The number of ketones is 1. The lowest BCUT2D eigenvalue weighted by Gasteiger charge is -2.73. The van der Waals surface area contributed by atoms with Crippen LogP contribution in [0.25, 0.3) is 0 Å². The first-order valence-corrected chi connectivity index (χ1v) is 15.4. The number of hydrogen-bond donors (Lipinski definition) is 3. The molecule has 7 rings (SSSR count). The fourth-order valence-corrected chi connectivity index (χ4v) is 11.2. The van der Waals surface area contributed by atoms with Gasteiger partial charge in [0.2, 0.25) is 6.29 Å². The van der Waals surface area contributed by atoms with E-state index in [2.05, 4.69) is 6.92 Å². The number of Topliss-reactive ketones (excluding diaryl/α,β-unsaturated/α-hetero) is 1. The average molecular weight is 603 g/mol. The number of fused-ring (bicyclic) bond motifs is 1. The minimum absolute atomic E-state index is 0.0305. The van der Waals surface area contributed by atoms with Crippen molar-refractivity contribution in [1.82, 2.24) is 0 Å². The van der Waals surface area contributed by atoms with E-state index in [0.717, 1.165) is 5.56 Å². The molecule has 236 valence electrons. The van der Waals surface area contributed by atoms with Crippen LogP contribution in [0, 0.1) is 39.4 Å². The number of epoxide rings is 1. The van der Waals surface area contributed by atoms with Gasteiger partial charge in [-0.05, 0) is 43.2 Å². The first kappa shape index (κ1) is 29.4. The number of aliphatic hydroxyl groups is 3. The summed E-state index contributed by atoms with van der Waals surface area (Å²) in [5, 5.41) is 36.1. The summed E-state index contributed by atoms with van der Waals surface area (Å²) in [5.74, 6) is -3.59. The zero-order valence-corrected chi connectivity index (χ0v) is 25.4. The van der Waals surface area contributed by atoms with Crippen molar-refractivity contribution in [2.75, 3.05) is 6.61 Å². The largest absolute Gasteiger partial charge is 0.472 e. The van der Waals surface area contributed by atoms with E-state index in [1.165, 1.54) is 6.92 Å². The maximum atomic E-state index is 14.7. The Balaban J connectivity index is 1.38. The summed E-state index contributed by atoms with van der Waals surface area (Å²) in [6, 6.07) is 1.91. The summed E-state index contributed by atoms with van der Waals surface area (Å²) >= 11 is 0. The summed E-state index contributed by atoms with van der Waals surface area (Å²) in [6.45, 7) is 9.99. The molecule has 0 aromatic carbocycles. The van der Waals surface area contributed by atoms with Crippen LogP contribution in [0.15, 0.2) is 23.0 Å². The number of hydrogen-bond acceptors (Lipinski definition) is 11. The molecule has 43 heavy (non-hydrogen) atoms. The predicted molar refractivity (Wildman–Crippen MR) is 146 cm³/mol. The maximum Gasteiger partial charge on any atom is 0.310 e. The zero-order valence-electron chi connectivity index (χ0n) is 25.4. The van der Waals surface area contributed by atoms with Crippen LogP contribution in [0.3, 0.4) is 0 Å². The zero-order chi connectivity index (χ0) is 31.1. The van der Waals surface area contributed by atoms with Crippen molar-refractivity contribution in [3.63, 3.8) is 0 Å². The molecule has 4 saturated carbocycles. The molecule has 4 aliphatic carbocycles. The maximum absolute atomic E-state index is 14.7. The lowest BCUT2D eigenvalue weighted by Crippen LogP contribution is -2.83. The number of rotatable bonds is 4. The van der Waals surface area contributed by atoms with Crippen molar-refractivity contribution in [3.8, 4) is 0 Å². The highest BCUT2D eigenvalue weighted by molar-refractivity contribution is 5.87. The first-order chi connectivity index (χ1) is 20.1. The van der Waals surface area contributed by atoms with Gasteiger partial charge >= 0.3 is 11.9 Å². The third-order valence-electron chi connectivity index (χ3n) is 12.9. The Labute approximate surface area is 250 Å². The van der Waals surface area contributed by atoms with Crippen LogP contribution < -0.4 is 0 Å². The number of carbonyl (C=O) groups excluding carboxylic acids is 3. The van der Waals surface area contributed by atoms with Gasteiger partial charge in [-0.1, -0.05) is 27.7 Å². The Morgan fingerprint density at radius 1 is 1.09 bits per heavy atom. The first-order valence-electron chi connectivity index (χ1n) is 15.4. The van der Waals surface area contributed by atoms with Crippen LogP contribution in [0.1, 0.15) is 72.3 Å². The molecule has 6 fully saturated rings. The van der Waals surface area contributed by atoms with Gasteiger partial charge in [-0.15, -0.1) is 0 Å². The second kappa shape index (κ2) is 8.90. The van der Waals surface area contributed by atoms with E-state index in [1.807, 2.05) is 13.0 Å². The smallest absolute Gasteiger partial charge is 0.310 e. The normalized spacial score (nSPS) is 52.9. The molecule has 0 amide bonds. The van der Waals surface area contributed by atoms with E-state index < -0.39 is 87.7 Å². The molecule has 1 spiro atoms. The molecule has 1 aromatic rings. The van der Waals surface area contributed by atoms with E-state index in [1.54, 1.807) is 33.3 Å². The second-order valence-electron chi connectivity index (χ2n) is 14.9. The van der Waals surface area contributed by atoms with Gasteiger partial charge in [-0.2, -0.15) is 0 Å². The molecule has 11 nitrogen and oxygen atoms in total. The molecule has 11 heteroatoms. The highest BCUT2D eigenvalue weighted by Crippen LogP contribution is 2.82. The van der Waals surface area contributed by atoms with Gasteiger partial charge in [0.1, 0.15) is 23.6 Å². The van der Waals surface area contributed by atoms with E-state index in [-0.39, 0.29) is 37.3 Å². The van der Waals surface area contributed by atoms with Crippen LogP contribution in [0.5, 0.6) is 0 Å². The Kier molecular flexibility index (Phi) is 6.09. The van der Waals surface area contributed by atoms with Crippen molar-refractivity contribution >= 4 is 17.7 Å². The summed E-state index contributed by atoms with van der Waals surface area (Å²) in [5.41, 5.74) is -4.45. The van der Waals surface area contributed by atoms with Crippen molar-refractivity contribution in [2.45, 2.75) is 109 Å². The van der Waals surface area contributed by atoms with Crippen LogP contribution in [-0.4, -0.2) is 82.1 Å².